The Hall–Kier alpha value is -0.465. The van der Waals surface area contributed by atoms with Crippen LogP contribution in [-0.4, -0.2) is 33.5 Å². The first kappa shape index (κ1) is 10.5. The van der Waals surface area contributed by atoms with Gasteiger partial charge in [0.1, 0.15) is 5.68 Å². The van der Waals surface area contributed by atoms with Crippen molar-refractivity contribution < 1.29 is 9.59 Å². The van der Waals surface area contributed by atoms with Gasteiger partial charge in [0.05, 0.1) is 7.74 Å². The highest BCUT2D eigenvalue weighted by atomic mass is 16.1. The van der Waals surface area contributed by atoms with E-state index in [0.29, 0.717) is 7.17 Å². The fraction of sp³-hybridized carbons (Fsp3) is 0.667. The van der Waals surface area contributed by atoms with Gasteiger partial charge in [0.2, 0.25) is 0 Å². The van der Waals surface area contributed by atoms with Crippen LogP contribution >= 0.6 is 0 Å². The molecule has 0 saturated carbocycles. The predicted octanol–water partition coefficient (Wildman–Crippen LogP) is -0.900. The van der Waals surface area contributed by atoms with Crippen molar-refractivity contribution >= 4 is 33.5 Å². The van der Waals surface area contributed by atoms with Gasteiger partial charge < -0.3 is 9.59 Å². The van der Waals surface area contributed by atoms with Gasteiger partial charge in [-0.3, -0.25) is 0 Å². The van der Waals surface area contributed by atoms with Crippen molar-refractivity contribution in [2.75, 3.05) is 0 Å². The van der Waals surface area contributed by atoms with Crippen LogP contribution in [0.1, 0.15) is 20.8 Å². The summed E-state index contributed by atoms with van der Waals surface area (Å²) in [6.07, 6.45) is 0. The van der Waals surface area contributed by atoms with Crippen molar-refractivity contribution in [1.82, 2.24) is 0 Å². The van der Waals surface area contributed by atoms with E-state index in [1.54, 1.807) is 7.74 Å². The van der Waals surface area contributed by atoms with E-state index in [1.165, 1.54) is 0 Å². The summed E-state index contributed by atoms with van der Waals surface area (Å²) in [5, 5.41) is 0. The van der Waals surface area contributed by atoms with E-state index >= 15 is 0 Å². The van der Waals surface area contributed by atoms with Crippen LogP contribution in [0.4, 0.5) is 4.79 Å². The highest BCUT2D eigenvalue weighted by Gasteiger charge is 2.23. The molecule has 0 aromatic carbocycles. The molecule has 0 aliphatic heterocycles. The third-order valence-electron chi connectivity index (χ3n) is 1.59. The summed E-state index contributed by atoms with van der Waals surface area (Å²) in [6.45, 7) is 5.49. The lowest BCUT2D eigenvalue weighted by molar-refractivity contribution is -0.118. The number of carbonyl (C=O) groups is 2. The van der Waals surface area contributed by atoms with Gasteiger partial charge >= 0.3 is 0 Å². The highest BCUT2D eigenvalue weighted by molar-refractivity contribution is 7.27. The number of carbonyl (C=O) groups excluding carboxylic acids is 2. The Bertz CT molecular complexity index is 171. The Balaban J connectivity index is 3.99. The van der Waals surface area contributed by atoms with E-state index in [-0.39, 0.29) is 24.0 Å². The molecule has 0 unspecified atom stereocenters. The highest BCUT2D eigenvalue weighted by Crippen LogP contribution is 2.13. The van der Waals surface area contributed by atoms with Crippen molar-refractivity contribution in [3.63, 3.8) is 0 Å². The summed E-state index contributed by atoms with van der Waals surface area (Å²) in [4.78, 5) is 22.1. The maximum Gasteiger partial charge on any atom is 0.271 e. The molecule has 0 rings (SSSR count). The van der Waals surface area contributed by atoms with Crippen LogP contribution in [0.5, 0.6) is 0 Å². The third kappa shape index (κ3) is 4.07. The van der Waals surface area contributed by atoms with Crippen molar-refractivity contribution in [1.29, 1.82) is 0 Å². The molecule has 0 saturated heterocycles. The minimum absolute atomic E-state index is 0.0318. The second-order valence-electron chi connectivity index (χ2n) is 3.74. The molecule has 11 heavy (non-hydrogen) atoms. The monoisotopic (exact) mass is 150 g/mol. The number of hydrogen-bond donors (Lipinski definition) is 0. The maximum absolute atomic E-state index is 11.2. The van der Waals surface area contributed by atoms with Crippen molar-refractivity contribution in [3.8, 4) is 0 Å². The molecular weight excluding hydrogens is 136 g/mol. The molecule has 0 aromatic rings. The van der Waals surface area contributed by atoms with Gasteiger partial charge in [0, 0.05) is 11.0 Å². The number of hydrogen-bond acceptors (Lipinski definition) is 2. The van der Waals surface area contributed by atoms with Crippen LogP contribution in [0.3, 0.4) is 0 Å². The molecule has 0 amide bonds. The van der Waals surface area contributed by atoms with Crippen LogP contribution in [0, 0.1) is 5.41 Å². The molecule has 5 heteroatoms. The fourth-order valence-electron chi connectivity index (χ4n) is 0.569. The molecule has 0 bridgehead atoms. The zero-order chi connectivity index (χ0) is 9.07. The van der Waals surface area contributed by atoms with E-state index in [9.17, 15) is 9.59 Å². The normalized spacial score (nSPS) is 10.5. The Morgan fingerprint density at radius 1 is 1.27 bits per heavy atom. The molecule has 0 spiro atoms. The maximum atomic E-state index is 11.2. The largest absolute Gasteiger partial charge is 0.323 e. The fourth-order valence-corrected chi connectivity index (χ4v) is 0.569. The molecule has 0 aliphatic rings. The van der Waals surface area contributed by atoms with Crippen LogP contribution < -0.4 is 0 Å². The third-order valence-corrected chi connectivity index (χ3v) is 1.59. The molecule has 2 nitrogen and oxygen atoms in total. The van der Waals surface area contributed by atoms with Gasteiger partial charge in [-0.05, 0) is 0 Å². The first-order valence-corrected chi connectivity index (χ1v) is 3.93. The lowest BCUT2D eigenvalue weighted by atomic mass is 9.40. The average molecular weight is 150 g/mol. The molecule has 0 aromatic heterocycles. The topological polar surface area (TPSA) is 34.1 Å². The van der Waals surface area contributed by atoms with Gasteiger partial charge in [0.15, 0.2) is 7.17 Å². The van der Waals surface area contributed by atoms with E-state index in [1.807, 2.05) is 20.8 Å². The van der Waals surface area contributed by atoms with Crippen LogP contribution in [0.25, 0.3) is 0 Å². The summed E-state index contributed by atoms with van der Waals surface area (Å²) in [5.41, 5.74) is -0.306. The summed E-state index contributed by atoms with van der Waals surface area (Å²) < 4.78 is 0. The minimum atomic E-state index is -0.370. The van der Waals surface area contributed by atoms with Crippen LogP contribution in [0.15, 0.2) is 0 Å². The van der Waals surface area contributed by atoms with Crippen LogP contribution in [-0.2, 0) is 4.79 Å². The standard InChI is InChI=1S/C6H13B3O2/c1-6(2,3)4(10)8-5(11)9-7/h8-9H,7H2,1-3H3. The molecule has 0 fully saturated rings. The van der Waals surface area contributed by atoms with Crippen molar-refractivity contribution in [3.05, 3.63) is 0 Å². The summed E-state index contributed by atoms with van der Waals surface area (Å²) >= 11 is 0. The van der Waals surface area contributed by atoms with Gasteiger partial charge in [-0.25, -0.2) is 0 Å². The molecule has 58 valence electrons. The molecular formula is C6H13B3O2. The summed E-state index contributed by atoms with van der Waals surface area (Å²) in [6, 6.07) is 0. The average Bonchev–Trinajstić information content (AvgIpc) is 1.85. The SMILES string of the molecule is BBC(=O)BC(=O)C(C)(C)C. The zero-order valence-corrected chi connectivity index (χ0v) is 7.73. The quantitative estimate of drug-likeness (QED) is 0.488. The van der Waals surface area contributed by atoms with Gasteiger partial charge in [-0.1, -0.05) is 20.8 Å². The Morgan fingerprint density at radius 3 is 2.00 bits per heavy atom. The summed E-state index contributed by atoms with van der Waals surface area (Å²) in [7, 11) is 2.33. The Labute approximate surface area is 70.0 Å². The van der Waals surface area contributed by atoms with E-state index < -0.39 is 0 Å². The molecule has 0 radical (unpaired) electrons. The van der Waals surface area contributed by atoms with Crippen molar-refractivity contribution in [2.24, 2.45) is 5.41 Å². The Kier molecular flexibility index (Phi) is 3.63. The van der Waals surface area contributed by atoms with E-state index in [4.69, 9.17) is 0 Å². The molecule has 0 aliphatic carbocycles. The predicted molar refractivity (Wildman–Crippen MR) is 52.7 cm³/mol. The molecule has 0 atom stereocenters. The second kappa shape index (κ2) is 3.79. The van der Waals surface area contributed by atoms with Gasteiger partial charge in [0.25, 0.3) is 7.28 Å². The number of rotatable bonds is 3. The van der Waals surface area contributed by atoms with E-state index in [0.717, 1.165) is 0 Å². The Morgan fingerprint density at radius 2 is 1.73 bits per heavy atom. The zero-order valence-electron chi connectivity index (χ0n) is 7.73. The minimum Gasteiger partial charge on any atom is -0.323 e. The molecule has 0 heterocycles. The first-order chi connectivity index (χ1) is 4.88. The van der Waals surface area contributed by atoms with Gasteiger partial charge in [-0.15, -0.1) is 0 Å². The molecule has 0 N–H and O–H groups in total. The van der Waals surface area contributed by atoms with Gasteiger partial charge in [-0.2, -0.15) is 0 Å². The second-order valence-corrected chi connectivity index (χ2v) is 3.74. The van der Waals surface area contributed by atoms with Crippen molar-refractivity contribution in [2.45, 2.75) is 20.8 Å². The first-order valence-electron chi connectivity index (χ1n) is 3.93. The lowest BCUT2D eigenvalue weighted by Gasteiger charge is -2.14. The lowest BCUT2D eigenvalue weighted by Crippen LogP contribution is -2.32. The smallest absolute Gasteiger partial charge is 0.271 e. The van der Waals surface area contributed by atoms with Crippen LogP contribution in [0.2, 0.25) is 0 Å². The summed E-state index contributed by atoms with van der Waals surface area (Å²) in [5.74, 6) is 0. The van der Waals surface area contributed by atoms with E-state index in [2.05, 4.69) is 0 Å².